The van der Waals surface area contributed by atoms with Gasteiger partial charge in [0.2, 0.25) is 0 Å². The van der Waals surface area contributed by atoms with Crippen molar-refractivity contribution in [1.29, 1.82) is 0 Å². The van der Waals surface area contributed by atoms with Crippen LogP contribution in [0.1, 0.15) is 35.8 Å². The summed E-state index contributed by atoms with van der Waals surface area (Å²) >= 11 is 1.63. The first kappa shape index (κ1) is 15.6. The number of hydrogen-bond donors (Lipinski definition) is 1. The molecule has 0 unspecified atom stereocenters. The van der Waals surface area contributed by atoms with Gasteiger partial charge in [-0.1, -0.05) is 32.0 Å². The molecule has 0 radical (unpaired) electrons. The van der Waals surface area contributed by atoms with E-state index in [1.165, 1.54) is 5.56 Å². The summed E-state index contributed by atoms with van der Waals surface area (Å²) in [6.07, 6.45) is 0. The highest BCUT2D eigenvalue weighted by molar-refractivity contribution is 7.09. The smallest absolute Gasteiger partial charge is 0.258 e. The van der Waals surface area contributed by atoms with Crippen molar-refractivity contribution in [2.24, 2.45) is 0 Å². The number of hydrogen-bond acceptors (Lipinski definition) is 3. The van der Waals surface area contributed by atoms with Gasteiger partial charge in [-0.05, 0) is 41.5 Å². The van der Waals surface area contributed by atoms with E-state index in [4.69, 9.17) is 4.74 Å². The van der Waals surface area contributed by atoms with E-state index in [0.29, 0.717) is 12.5 Å². The molecule has 21 heavy (non-hydrogen) atoms. The summed E-state index contributed by atoms with van der Waals surface area (Å²) in [5, 5.41) is 4.86. The number of amides is 1. The van der Waals surface area contributed by atoms with Gasteiger partial charge < -0.3 is 10.1 Å². The minimum absolute atomic E-state index is 0.0494. The van der Waals surface area contributed by atoms with Crippen molar-refractivity contribution in [2.45, 2.75) is 33.2 Å². The molecule has 0 saturated heterocycles. The van der Waals surface area contributed by atoms with E-state index in [9.17, 15) is 4.79 Å². The summed E-state index contributed by atoms with van der Waals surface area (Å²) in [6.45, 7) is 6.88. The fourth-order valence-electron chi connectivity index (χ4n) is 1.92. The van der Waals surface area contributed by atoms with Crippen LogP contribution in [0, 0.1) is 6.92 Å². The average molecular weight is 303 g/mol. The van der Waals surface area contributed by atoms with Crippen molar-refractivity contribution in [1.82, 2.24) is 5.32 Å². The Hall–Kier alpha value is -1.81. The van der Waals surface area contributed by atoms with Gasteiger partial charge in [0.05, 0.1) is 6.54 Å². The minimum Gasteiger partial charge on any atom is -0.483 e. The minimum atomic E-state index is -0.0993. The lowest BCUT2D eigenvalue weighted by molar-refractivity contribution is -0.123. The monoisotopic (exact) mass is 303 g/mol. The van der Waals surface area contributed by atoms with Crippen LogP contribution in [0.3, 0.4) is 0 Å². The molecule has 0 aliphatic heterocycles. The van der Waals surface area contributed by atoms with Crippen LogP contribution in [0.5, 0.6) is 5.75 Å². The molecule has 3 nitrogen and oxygen atoms in total. The maximum atomic E-state index is 11.8. The summed E-state index contributed by atoms with van der Waals surface area (Å²) < 4.78 is 5.65. The molecule has 0 spiro atoms. The number of carbonyl (C=O) groups excluding carboxylic acids is 1. The zero-order chi connectivity index (χ0) is 15.2. The van der Waals surface area contributed by atoms with Gasteiger partial charge in [-0.25, -0.2) is 0 Å². The summed E-state index contributed by atoms with van der Waals surface area (Å²) in [6, 6.07) is 10.1. The van der Waals surface area contributed by atoms with Crippen molar-refractivity contribution >= 4 is 17.2 Å². The van der Waals surface area contributed by atoms with E-state index in [-0.39, 0.29) is 12.5 Å². The van der Waals surface area contributed by atoms with Crippen LogP contribution in [0.25, 0.3) is 0 Å². The third kappa shape index (κ3) is 4.60. The molecule has 112 valence electrons. The Labute approximate surface area is 130 Å². The van der Waals surface area contributed by atoms with Gasteiger partial charge in [-0.2, -0.15) is 0 Å². The predicted octanol–water partition coefficient (Wildman–Crippen LogP) is 3.88. The van der Waals surface area contributed by atoms with Crippen LogP contribution in [0.2, 0.25) is 0 Å². The van der Waals surface area contributed by atoms with E-state index in [0.717, 1.165) is 16.2 Å². The molecule has 1 aromatic heterocycles. The zero-order valence-corrected chi connectivity index (χ0v) is 13.5. The molecule has 0 aliphatic rings. The SMILES string of the molecule is Cc1ccc(C(C)C)cc1OCC(=O)NCc1cccs1. The van der Waals surface area contributed by atoms with E-state index in [2.05, 4.69) is 25.2 Å². The molecule has 2 aromatic rings. The summed E-state index contributed by atoms with van der Waals surface area (Å²) in [5.74, 6) is 1.13. The van der Waals surface area contributed by atoms with Crippen molar-refractivity contribution < 1.29 is 9.53 Å². The van der Waals surface area contributed by atoms with Gasteiger partial charge in [0.25, 0.3) is 5.91 Å². The maximum Gasteiger partial charge on any atom is 0.258 e. The molecular weight excluding hydrogens is 282 g/mol. The van der Waals surface area contributed by atoms with Gasteiger partial charge in [-0.3, -0.25) is 4.79 Å². The Bertz CT molecular complexity index is 591. The second kappa shape index (κ2) is 7.27. The van der Waals surface area contributed by atoms with Crippen LogP contribution in [-0.4, -0.2) is 12.5 Å². The first-order valence-electron chi connectivity index (χ1n) is 7.08. The molecule has 1 N–H and O–H groups in total. The van der Waals surface area contributed by atoms with E-state index < -0.39 is 0 Å². The Balaban J connectivity index is 1.87. The van der Waals surface area contributed by atoms with E-state index in [1.54, 1.807) is 11.3 Å². The van der Waals surface area contributed by atoms with Gasteiger partial charge in [-0.15, -0.1) is 11.3 Å². The van der Waals surface area contributed by atoms with Crippen molar-refractivity contribution in [3.63, 3.8) is 0 Å². The third-order valence-electron chi connectivity index (χ3n) is 3.28. The van der Waals surface area contributed by atoms with Crippen molar-refractivity contribution in [3.8, 4) is 5.75 Å². The lowest BCUT2D eigenvalue weighted by Crippen LogP contribution is -2.28. The first-order chi connectivity index (χ1) is 10.1. The van der Waals surface area contributed by atoms with Crippen molar-refractivity contribution in [3.05, 3.63) is 51.7 Å². The molecule has 1 heterocycles. The molecule has 0 atom stereocenters. The largest absolute Gasteiger partial charge is 0.483 e. The van der Waals surface area contributed by atoms with Crippen LogP contribution >= 0.6 is 11.3 Å². The van der Waals surface area contributed by atoms with Gasteiger partial charge >= 0.3 is 0 Å². The Morgan fingerprint density at radius 2 is 2.14 bits per heavy atom. The lowest BCUT2D eigenvalue weighted by atomic mass is 10.0. The lowest BCUT2D eigenvalue weighted by Gasteiger charge is -2.12. The highest BCUT2D eigenvalue weighted by Gasteiger charge is 2.07. The molecular formula is C17H21NO2S. The van der Waals surface area contributed by atoms with Gasteiger partial charge in [0, 0.05) is 4.88 Å². The molecule has 0 aliphatic carbocycles. The second-order valence-electron chi connectivity index (χ2n) is 5.32. The molecule has 4 heteroatoms. The number of aryl methyl sites for hydroxylation is 1. The maximum absolute atomic E-state index is 11.8. The topological polar surface area (TPSA) is 38.3 Å². The zero-order valence-electron chi connectivity index (χ0n) is 12.7. The average Bonchev–Trinajstić information content (AvgIpc) is 2.97. The Morgan fingerprint density at radius 1 is 1.33 bits per heavy atom. The number of benzene rings is 1. The third-order valence-corrected chi connectivity index (χ3v) is 4.15. The number of rotatable bonds is 6. The normalized spacial score (nSPS) is 10.7. The molecule has 0 saturated carbocycles. The quantitative estimate of drug-likeness (QED) is 0.879. The number of carbonyl (C=O) groups is 1. The van der Waals surface area contributed by atoms with Gasteiger partial charge in [0.15, 0.2) is 6.61 Å². The number of ether oxygens (including phenoxy) is 1. The summed E-state index contributed by atoms with van der Waals surface area (Å²) in [7, 11) is 0. The first-order valence-corrected chi connectivity index (χ1v) is 7.96. The highest BCUT2D eigenvalue weighted by atomic mass is 32.1. The fraction of sp³-hybridized carbons (Fsp3) is 0.353. The van der Waals surface area contributed by atoms with Crippen LogP contribution in [0.4, 0.5) is 0 Å². The number of thiophene rings is 1. The van der Waals surface area contributed by atoms with Crippen LogP contribution < -0.4 is 10.1 Å². The molecule has 2 rings (SSSR count). The second-order valence-corrected chi connectivity index (χ2v) is 6.36. The Kier molecular flexibility index (Phi) is 5.39. The van der Waals surface area contributed by atoms with Crippen LogP contribution in [0.15, 0.2) is 35.7 Å². The summed E-state index contributed by atoms with van der Waals surface area (Å²) in [5.41, 5.74) is 2.26. The number of nitrogens with one attached hydrogen (secondary N) is 1. The molecule has 0 fully saturated rings. The van der Waals surface area contributed by atoms with Gasteiger partial charge in [0.1, 0.15) is 5.75 Å². The fourth-order valence-corrected chi connectivity index (χ4v) is 2.57. The highest BCUT2D eigenvalue weighted by Crippen LogP contribution is 2.24. The summed E-state index contributed by atoms with van der Waals surface area (Å²) in [4.78, 5) is 13.0. The predicted molar refractivity (Wildman–Crippen MR) is 86.9 cm³/mol. The molecule has 1 amide bonds. The van der Waals surface area contributed by atoms with Crippen LogP contribution in [-0.2, 0) is 11.3 Å². The molecule has 0 bridgehead atoms. The van der Waals surface area contributed by atoms with Crippen molar-refractivity contribution in [2.75, 3.05) is 6.61 Å². The van der Waals surface area contributed by atoms with E-state index in [1.807, 2.05) is 36.6 Å². The van der Waals surface area contributed by atoms with E-state index >= 15 is 0 Å². The Morgan fingerprint density at radius 3 is 2.81 bits per heavy atom. The molecule has 1 aromatic carbocycles. The standard InChI is InChI=1S/C17H21NO2S/c1-12(2)14-7-6-13(3)16(9-14)20-11-17(19)18-10-15-5-4-8-21-15/h4-9,12H,10-11H2,1-3H3,(H,18,19).